The highest BCUT2D eigenvalue weighted by molar-refractivity contribution is 7.89. The van der Waals surface area contributed by atoms with Crippen LogP contribution >= 0.6 is 11.3 Å². The second-order valence-corrected chi connectivity index (χ2v) is 9.20. The van der Waals surface area contributed by atoms with Gasteiger partial charge in [0, 0.05) is 30.1 Å². The number of non-ortho nitro benzene ring substituents is 1. The van der Waals surface area contributed by atoms with Gasteiger partial charge < -0.3 is 0 Å². The second kappa shape index (κ2) is 8.26. The Bertz CT molecular complexity index is 845. The van der Waals surface area contributed by atoms with Gasteiger partial charge in [0.05, 0.1) is 9.82 Å². The molecule has 0 aliphatic carbocycles. The third kappa shape index (κ3) is 4.88. The van der Waals surface area contributed by atoms with Crippen molar-refractivity contribution in [1.82, 2.24) is 9.62 Å². The molecule has 0 unspecified atom stereocenters. The Morgan fingerprint density at radius 3 is 2.65 bits per heavy atom. The molecule has 1 aliphatic heterocycles. The average Bonchev–Trinajstić information content (AvgIpc) is 3.14. The Morgan fingerprint density at radius 2 is 2.00 bits per heavy atom. The number of piperidine rings is 1. The number of hydrogen-bond donors (Lipinski definition) is 1. The Kier molecular flexibility index (Phi) is 6.02. The number of rotatable bonds is 7. The summed E-state index contributed by atoms with van der Waals surface area (Å²) < 4.78 is 27.4. The van der Waals surface area contributed by atoms with Gasteiger partial charge >= 0.3 is 0 Å². The van der Waals surface area contributed by atoms with Crippen molar-refractivity contribution in [2.24, 2.45) is 5.92 Å². The van der Waals surface area contributed by atoms with Crippen LogP contribution in [0, 0.1) is 16.0 Å². The van der Waals surface area contributed by atoms with Crippen LogP contribution in [0.4, 0.5) is 5.69 Å². The first-order valence-electron chi connectivity index (χ1n) is 8.43. The van der Waals surface area contributed by atoms with Crippen LogP contribution < -0.4 is 4.72 Å². The van der Waals surface area contributed by atoms with E-state index in [1.807, 2.05) is 0 Å². The summed E-state index contributed by atoms with van der Waals surface area (Å²) >= 11 is 1.75. The van der Waals surface area contributed by atoms with E-state index in [0.717, 1.165) is 38.5 Å². The number of nitrogens with zero attached hydrogens (tertiary/aromatic N) is 2. The predicted molar refractivity (Wildman–Crippen MR) is 101 cm³/mol. The third-order valence-electron chi connectivity index (χ3n) is 4.57. The molecule has 1 aromatic carbocycles. The highest BCUT2D eigenvalue weighted by Gasteiger charge is 2.23. The van der Waals surface area contributed by atoms with Gasteiger partial charge in [-0.1, -0.05) is 12.1 Å². The van der Waals surface area contributed by atoms with E-state index < -0.39 is 14.9 Å². The summed E-state index contributed by atoms with van der Waals surface area (Å²) in [6, 6.07) is 9.31. The smallest absolute Gasteiger partial charge is 0.270 e. The molecule has 0 atom stereocenters. The number of likely N-dealkylation sites (tertiary alicyclic amines) is 1. The van der Waals surface area contributed by atoms with Crippen molar-refractivity contribution in [2.45, 2.75) is 24.3 Å². The molecular weight excluding hydrogens is 374 g/mol. The number of benzene rings is 1. The minimum Gasteiger partial charge on any atom is -0.298 e. The van der Waals surface area contributed by atoms with E-state index >= 15 is 0 Å². The molecule has 7 nitrogen and oxygen atoms in total. The monoisotopic (exact) mass is 395 g/mol. The third-order valence-corrected chi connectivity index (χ3v) is 6.85. The van der Waals surface area contributed by atoms with Gasteiger partial charge in [0.15, 0.2) is 0 Å². The van der Waals surface area contributed by atoms with Crippen LogP contribution in [0.1, 0.15) is 17.7 Å². The molecule has 2 aromatic rings. The maximum atomic E-state index is 12.4. The maximum absolute atomic E-state index is 12.4. The lowest BCUT2D eigenvalue weighted by atomic mass is 9.97. The molecule has 0 bridgehead atoms. The highest BCUT2D eigenvalue weighted by Crippen LogP contribution is 2.21. The van der Waals surface area contributed by atoms with Crippen LogP contribution in [0.3, 0.4) is 0 Å². The largest absolute Gasteiger partial charge is 0.298 e. The quantitative estimate of drug-likeness (QED) is 0.575. The summed E-state index contributed by atoms with van der Waals surface area (Å²) in [7, 11) is -3.74. The van der Waals surface area contributed by atoms with Gasteiger partial charge in [0.25, 0.3) is 5.69 Å². The maximum Gasteiger partial charge on any atom is 0.270 e. The zero-order valence-corrected chi connectivity index (χ0v) is 15.8. The zero-order chi connectivity index (χ0) is 18.6. The van der Waals surface area contributed by atoms with E-state index in [2.05, 4.69) is 27.1 Å². The molecular formula is C17H21N3O4S2. The van der Waals surface area contributed by atoms with Crippen molar-refractivity contribution in [1.29, 1.82) is 0 Å². The van der Waals surface area contributed by atoms with E-state index in [0.29, 0.717) is 6.54 Å². The van der Waals surface area contributed by atoms with Gasteiger partial charge in [-0.05, 0) is 49.4 Å². The molecule has 3 rings (SSSR count). The van der Waals surface area contributed by atoms with Gasteiger partial charge in [-0.15, -0.1) is 11.3 Å². The SMILES string of the molecule is O=[N+]([O-])c1cccc(S(=O)(=O)NCC2CCN(Cc3cccs3)CC2)c1. The van der Waals surface area contributed by atoms with E-state index in [4.69, 9.17) is 0 Å². The Balaban J connectivity index is 1.51. The highest BCUT2D eigenvalue weighted by atomic mass is 32.2. The Hall–Kier alpha value is -1.81. The summed E-state index contributed by atoms with van der Waals surface area (Å²) in [6.07, 6.45) is 1.87. The molecule has 2 heterocycles. The van der Waals surface area contributed by atoms with Crippen LogP contribution in [0.25, 0.3) is 0 Å². The summed E-state index contributed by atoms with van der Waals surface area (Å²) in [5, 5.41) is 12.9. The molecule has 0 saturated carbocycles. The first kappa shape index (κ1) is 19.0. The van der Waals surface area contributed by atoms with Crippen LogP contribution in [-0.2, 0) is 16.6 Å². The van der Waals surface area contributed by atoms with Gasteiger partial charge in [-0.2, -0.15) is 0 Å². The second-order valence-electron chi connectivity index (χ2n) is 6.41. The summed E-state index contributed by atoms with van der Waals surface area (Å²) in [5.41, 5.74) is -0.227. The lowest BCUT2D eigenvalue weighted by molar-refractivity contribution is -0.385. The average molecular weight is 396 g/mol. The Labute approximate surface area is 156 Å². The number of nitro benzene ring substituents is 1. The van der Waals surface area contributed by atoms with Crippen molar-refractivity contribution in [3.05, 3.63) is 56.8 Å². The lowest BCUT2D eigenvalue weighted by Gasteiger charge is -2.31. The van der Waals surface area contributed by atoms with Crippen LogP contribution in [0.2, 0.25) is 0 Å². The lowest BCUT2D eigenvalue weighted by Crippen LogP contribution is -2.38. The normalized spacial score (nSPS) is 16.6. The number of sulfonamides is 1. The molecule has 0 radical (unpaired) electrons. The number of hydrogen-bond acceptors (Lipinski definition) is 6. The van der Waals surface area contributed by atoms with Gasteiger partial charge in [0.1, 0.15) is 0 Å². The molecule has 9 heteroatoms. The van der Waals surface area contributed by atoms with Crippen LogP contribution in [0.5, 0.6) is 0 Å². The molecule has 1 saturated heterocycles. The molecule has 26 heavy (non-hydrogen) atoms. The predicted octanol–water partition coefficient (Wildman–Crippen LogP) is 2.85. The summed E-state index contributed by atoms with van der Waals surface area (Å²) in [4.78, 5) is 13.9. The Morgan fingerprint density at radius 1 is 1.23 bits per heavy atom. The fourth-order valence-electron chi connectivity index (χ4n) is 3.05. The van der Waals surface area contributed by atoms with Crippen molar-refractivity contribution < 1.29 is 13.3 Å². The van der Waals surface area contributed by atoms with Crippen LogP contribution in [-0.4, -0.2) is 37.9 Å². The molecule has 0 amide bonds. The molecule has 1 aliphatic rings. The van der Waals surface area contributed by atoms with Crippen molar-refractivity contribution in [2.75, 3.05) is 19.6 Å². The summed E-state index contributed by atoms with van der Waals surface area (Å²) in [6.45, 7) is 3.20. The first-order chi connectivity index (χ1) is 12.4. The standard InChI is InChI=1S/C17H21N3O4S2/c21-20(22)15-3-1-5-17(11-15)26(23,24)18-12-14-6-8-19(9-7-14)13-16-4-2-10-25-16/h1-5,10-11,14,18H,6-9,12-13H2. The molecule has 1 aromatic heterocycles. The van der Waals surface area contributed by atoms with E-state index in [1.165, 1.54) is 23.1 Å². The number of nitrogens with one attached hydrogen (secondary N) is 1. The number of nitro groups is 1. The van der Waals surface area contributed by atoms with Gasteiger partial charge in [-0.25, -0.2) is 13.1 Å². The van der Waals surface area contributed by atoms with E-state index in [9.17, 15) is 18.5 Å². The topological polar surface area (TPSA) is 92.5 Å². The van der Waals surface area contributed by atoms with E-state index in [-0.39, 0.29) is 16.5 Å². The minimum atomic E-state index is -3.74. The van der Waals surface area contributed by atoms with Crippen molar-refractivity contribution >= 4 is 27.0 Å². The molecule has 1 fully saturated rings. The molecule has 0 spiro atoms. The fraction of sp³-hybridized carbons (Fsp3) is 0.412. The molecule has 140 valence electrons. The van der Waals surface area contributed by atoms with Crippen LogP contribution in [0.15, 0.2) is 46.7 Å². The fourth-order valence-corrected chi connectivity index (χ4v) is 4.95. The first-order valence-corrected chi connectivity index (χ1v) is 10.8. The van der Waals surface area contributed by atoms with E-state index in [1.54, 1.807) is 11.3 Å². The minimum absolute atomic E-state index is 0.0677. The summed E-state index contributed by atoms with van der Waals surface area (Å²) in [5.74, 6) is 0.281. The van der Waals surface area contributed by atoms with Gasteiger partial charge in [-0.3, -0.25) is 15.0 Å². The number of thiophene rings is 1. The van der Waals surface area contributed by atoms with Crippen molar-refractivity contribution in [3.63, 3.8) is 0 Å². The van der Waals surface area contributed by atoms with Crippen molar-refractivity contribution in [3.8, 4) is 0 Å². The molecule has 1 N–H and O–H groups in total. The zero-order valence-electron chi connectivity index (χ0n) is 14.2. The van der Waals surface area contributed by atoms with Gasteiger partial charge in [0.2, 0.25) is 10.0 Å².